The van der Waals surface area contributed by atoms with Gasteiger partial charge < -0.3 is 15.5 Å². The predicted molar refractivity (Wildman–Crippen MR) is 190 cm³/mol. The Morgan fingerprint density at radius 3 is 1.33 bits per heavy atom. The van der Waals surface area contributed by atoms with Gasteiger partial charge in [-0.15, -0.1) is 0 Å². The van der Waals surface area contributed by atoms with Gasteiger partial charge in [0.15, 0.2) is 0 Å². The molecule has 8 heteroatoms. The molecule has 268 valence electrons. The van der Waals surface area contributed by atoms with Gasteiger partial charge in [0.2, 0.25) is 5.91 Å². The van der Waals surface area contributed by atoms with Gasteiger partial charge in [0, 0.05) is 0 Å². The van der Waals surface area contributed by atoms with Crippen LogP contribution in [0, 0.1) is 0 Å². The molecule has 45 heavy (non-hydrogen) atoms. The minimum absolute atomic E-state index is 0.291. The molecule has 0 bridgehead atoms. The van der Waals surface area contributed by atoms with Crippen molar-refractivity contribution in [3.63, 3.8) is 0 Å². The first kappa shape index (κ1) is 44.0. The Morgan fingerprint density at radius 2 is 0.933 bits per heavy atom. The summed E-state index contributed by atoms with van der Waals surface area (Å²) in [6.45, 7) is 4.41. The maximum atomic E-state index is 12.5. The van der Waals surface area contributed by atoms with Gasteiger partial charge in [0.05, 0.1) is 17.9 Å². The van der Waals surface area contributed by atoms with Crippen LogP contribution >= 0.6 is 0 Å². The average Bonchev–Trinajstić information content (AvgIpc) is 3.00. The number of aliphatic hydroxyl groups is 2. The highest BCUT2D eigenvalue weighted by Crippen LogP contribution is 2.15. The second-order valence-electron chi connectivity index (χ2n) is 13.4. The summed E-state index contributed by atoms with van der Waals surface area (Å²) in [5.41, 5.74) is 0. The van der Waals surface area contributed by atoms with E-state index in [-0.39, 0.29) is 0 Å². The number of unbranched alkanes of at least 4 members (excludes halogenated alkanes) is 23. The zero-order chi connectivity index (χ0) is 33.4. The van der Waals surface area contributed by atoms with Crippen molar-refractivity contribution in [2.24, 2.45) is 0 Å². The quantitative estimate of drug-likeness (QED) is 0.0310. The van der Waals surface area contributed by atoms with Crippen molar-refractivity contribution in [3.05, 3.63) is 12.2 Å². The number of hydrogen-bond donors (Lipinski definition) is 4. The molecule has 0 aliphatic rings. The summed E-state index contributed by atoms with van der Waals surface area (Å²) in [4.78, 5) is 12.5. The third-order valence-electron chi connectivity index (χ3n) is 8.83. The highest BCUT2D eigenvalue weighted by atomic mass is 32.2. The number of allylic oxidation sites excluding steroid dienone is 2. The van der Waals surface area contributed by atoms with Gasteiger partial charge in [-0.25, -0.2) is 0 Å². The molecule has 0 aromatic carbocycles. The number of rotatable bonds is 34. The number of aliphatic hydroxyl groups excluding tert-OH is 2. The highest BCUT2D eigenvalue weighted by molar-refractivity contribution is 7.85. The molecule has 4 N–H and O–H groups in total. The summed E-state index contributed by atoms with van der Waals surface area (Å²) in [5, 5.41) is 23.3. The molecule has 0 fully saturated rings. The Bertz CT molecular complexity index is 788. The first-order valence-corrected chi connectivity index (χ1v) is 20.6. The van der Waals surface area contributed by atoms with Gasteiger partial charge in [-0.1, -0.05) is 167 Å². The lowest BCUT2D eigenvalue weighted by molar-refractivity contribution is -0.131. The molecule has 3 unspecified atom stereocenters. The van der Waals surface area contributed by atoms with Crippen LogP contribution in [0.25, 0.3) is 0 Å². The van der Waals surface area contributed by atoms with Crippen LogP contribution in [-0.2, 0) is 14.9 Å². The van der Waals surface area contributed by atoms with E-state index in [2.05, 4.69) is 31.3 Å². The van der Waals surface area contributed by atoms with Crippen LogP contribution in [0.15, 0.2) is 12.2 Å². The Kier molecular flexibility index (Phi) is 31.0. The molecule has 3 atom stereocenters. The molecule has 0 radical (unpaired) electrons. The molecule has 0 spiro atoms. The monoisotopic (exact) mass is 660 g/mol. The lowest BCUT2D eigenvalue weighted by Crippen LogP contribution is -2.50. The summed E-state index contributed by atoms with van der Waals surface area (Å²) in [6.07, 6.45) is 34.2. The highest BCUT2D eigenvalue weighted by Gasteiger charge is 2.28. The van der Waals surface area contributed by atoms with Crippen molar-refractivity contribution in [2.75, 3.05) is 5.75 Å². The van der Waals surface area contributed by atoms with E-state index < -0.39 is 40.0 Å². The fourth-order valence-corrected chi connectivity index (χ4v) is 6.63. The zero-order valence-corrected chi connectivity index (χ0v) is 30.2. The average molecular weight is 660 g/mol. The first-order valence-electron chi connectivity index (χ1n) is 19.0. The maximum Gasteiger partial charge on any atom is 0.266 e. The Labute approximate surface area is 278 Å². The van der Waals surface area contributed by atoms with Crippen LogP contribution in [0.3, 0.4) is 0 Å². The number of carbonyl (C=O) groups is 1. The third-order valence-corrected chi connectivity index (χ3v) is 9.61. The summed E-state index contributed by atoms with van der Waals surface area (Å²) >= 11 is 0. The van der Waals surface area contributed by atoms with Crippen LogP contribution in [0.4, 0.5) is 0 Å². The lowest BCUT2D eigenvalue weighted by atomic mass is 10.0. The molecule has 0 heterocycles. The molecule has 0 aliphatic heterocycles. The topological polar surface area (TPSA) is 124 Å². The summed E-state index contributed by atoms with van der Waals surface area (Å²) < 4.78 is 32.2. The van der Waals surface area contributed by atoms with Crippen molar-refractivity contribution in [2.45, 2.75) is 212 Å². The van der Waals surface area contributed by atoms with Gasteiger partial charge in [0.1, 0.15) is 6.10 Å². The van der Waals surface area contributed by atoms with E-state index in [1.165, 1.54) is 103 Å². The van der Waals surface area contributed by atoms with Gasteiger partial charge >= 0.3 is 0 Å². The van der Waals surface area contributed by atoms with Gasteiger partial charge in [-0.05, 0) is 38.5 Å². The van der Waals surface area contributed by atoms with Crippen LogP contribution in [0.2, 0.25) is 0 Å². The van der Waals surface area contributed by atoms with Crippen LogP contribution in [-0.4, -0.2) is 53.1 Å². The van der Waals surface area contributed by atoms with Crippen LogP contribution in [0.1, 0.15) is 194 Å². The molecule has 7 nitrogen and oxygen atoms in total. The first-order chi connectivity index (χ1) is 21.7. The van der Waals surface area contributed by atoms with E-state index in [1.807, 2.05) is 0 Å². The number of carbonyl (C=O) groups excluding carboxylic acids is 1. The van der Waals surface area contributed by atoms with Crippen molar-refractivity contribution in [1.29, 1.82) is 0 Å². The second-order valence-corrected chi connectivity index (χ2v) is 14.8. The number of hydrogen-bond acceptors (Lipinski definition) is 5. The van der Waals surface area contributed by atoms with Crippen molar-refractivity contribution < 1.29 is 28.0 Å². The summed E-state index contributed by atoms with van der Waals surface area (Å²) in [7, 11) is -4.39. The van der Waals surface area contributed by atoms with E-state index in [0.29, 0.717) is 25.7 Å². The Hall–Kier alpha value is -0.960. The fraction of sp³-hybridized carbons (Fsp3) is 0.919. The molecule has 0 aliphatic carbocycles. The van der Waals surface area contributed by atoms with Crippen molar-refractivity contribution in [1.82, 2.24) is 5.32 Å². The normalized spacial score (nSPS) is 14.2. The molecular formula is C37H73NO6S. The second kappa shape index (κ2) is 31.6. The van der Waals surface area contributed by atoms with Gasteiger partial charge in [0.25, 0.3) is 10.1 Å². The molecule has 0 aromatic heterocycles. The lowest BCUT2D eigenvalue weighted by Gasteiger charge is -2.24. The standard InChI is InChI=1S/C37H73NO6S/c1-3-5-7-9-11-12-13-14-15-16-17-18-19-20-21-22-23-24-25-26-28-30-32-36(40)37(41)38-34(33-45(42,43)44)35(39)31-29-27-10-8-6-4-2/h20-21,34-36,39-40H,3-19,22-33H2,1-2H3,(H,38,41)(H,42,43,44)/b21-20-. The number of amides is 1. The molecule has 0 saturated heterocycles. The summed E-state index contributed by atoms with van der Waals surface area (Å²) in [6, 6.07) is -1.14. The van der Waals surface area contributed by atoms with E-state index in [4.69, 9.17) is 0 Å². The minimum atomic E-state index is -4.39. The molecule has 0 saturated carbocycles. The van der Waals surface area contributed by atoms with Crippen LogP contribution in [0.5, 0.6) is 0 Å². The van der Waals surface area contributed by atoms with Crippen molar-refractivity contribution >= 4 is 16.0 Å². The minimum Gasteiger partial charge on any atom is -0.391 e. The van der Waals surface area contributed by atoms with Crippen LogP contribution < -0.4 is 5.32 Å². The third kappa shape index (κ3) is 31.4. The molecule has 0 aromatic rings. The molecular weight excluding hydrogens is 586 g/mol. The smallest absolute Gasteiger partial charge is 0.266 e. The SMILES string of the molecule is CCCCCCCCCCCCCC/C=C\CCCCCCCCC(O)C(=O)NC(CS(=O)(=O)O)C(O)CCCCCCCC. The summed E-state index contributed by atoms with van der Waals surface area (Å²) in [5.74, 6) is -1.46. The number of nitrogens with one attached hydrogen (secondary N) is 1. The Balaban J connectivity index is 3.82. The zero-order valence-electron chi connectivity index (χ0n) is 29.4. The van der Waals surface area contributed by atoms with Gasteiger partial charge in [-0.2, -0.15) is 8.42 Å². The van der Waals surface area contributed by atoms with E-state index in [1.54, 1.807) is 0 Å². The molecule has 0 rings (SSSR count). The Morgan fingerprint density at radius 1 is 0.578 bits per heavy atom. The maximum absolute atomic E-state index is 12.5. The van der Waals surface area contributed by atoms with Crippen molar-refractivity contribution in [3.8, 4) is 0 Å². The van der Waals surface area contributed by atoms with E-state index >= 15 is 0 Å². The fourth-order valence-electron chi connectivity index (χ4n) is 5.87. The van der Waals surface area contributed by atoms with Gasteiger partial charge in [-0.3, -0.25) is 9.35 Å². The molecule has 1 amide bonds. The van der Waals surface area contributed by atoms with E-state index in [0.717, 1.165) is 51.4 Å². The van der Waals surface area contributed by atoms with E-state index in [9.17, 15) is 28.0 Å². The predicted octanol–water partition coefficient (Wildman–Crippen LogP) is 9.60. The largest absolute Gasteiger partial charge is 0.391 e.